The van der Waals surface area contributed by atoms with Crippen LogP contribution in [-0.4, -0.2) is 36.1 Å². The number of carbonyl (C=O) groups is 2. The molecule has 3 aromatic rings. The summed E-state index contributed by atoms with van der Waals surface area (Å²) in [6, 6.07) is 19.2. The summed E-state index contributed by atoms with van der Waals surface area (Å²) in [5.74, 6) is -0.256. The molecule has 1 atom stereocenters. The maximum atomic E-state index is 12.3. The van der Waals surface area contributed by atoms with Gasteiger partial charge in [-0.05, 0) is 48.9 Å². The summed E-state index contributed by atoms with van der Waals surface area (Å²) in [4.78, 5) is 35.5. The van der Waals surface area contributed by atoms with Gasteiger partial charge in [-0.1, -0.05) is 30.3 Å². The lowest BCUT2D eigenvalue weighted by Crippen LogP contribution is -2.43. The normalized spacial score (nSPS) is 11.5. The van der Waals surface area contributed by atoms with Gasteiger partial charge in [-0.3, -0.25) is 19.7 Å². The van der Waals surface area contributed by atoms with Crippen LogP contribution in [0.25, 0.3) is 0 Å². The lowest BCUT2D eigenvalue weighted by Gasteiger charge is -2.12. The minimum atomic E-state index is -0.871. The smallest absolute Gasteiger partial charge is 0.311 e. The van der Waals surface area contributed by atoms with E-state index in [1.54, 1.807) is 30.3 Å². The van der Waals surface area contributed by atoms with Crippen LogP contribution in [0.3, 0.4) is 0 Å². The van der Waals surface area contributed by atoms with E-state index in [0.29, 0.717) is 16.9 Å². The average Bonchev–Trinajstić information content (AvgIpc) is 2.88. The molecule has 0 saturated heterocycles. The lowest BCUT2D eigenvalue weighted by atomic mass is 10.2. The SMILES string of the molecule is COc1ccc(C(=O)NC(C)C(=O)NN=Cc2ccc(OCc3ccccc3)c([N+](=O)[O-])c2)cc1. The van der Waals surface area contributed by atoms with Crippen LogP contribution in [0, 0.1) is 10.1 Å². The number of carbonyl (C=O) groups excluding carboxylic acids is 2. The number of ether oxygens (including phenoxy) is 2. The Morgan fingerprint density at radius 1 is 1.09 bits per heavy atom. The summed E-state index contributed by atoms with van der Waals surface area (Å²) in [5, 5.41) is 17.9. The highest BCUT2D eigenvalue weighted by atomic mass is 16.6. The number of hydrogen-bond donors (Lipinski definition) is 2. The molecule has 3 aromatic carbocycles. The third-order valence-corrected chi connectivity index (χ3v) is 4.90. The van der Waals surface area contributed by atoms with Crippen LogP contribution < -0.4 is 20.2 Å². The number of methoxy groups -OCH3 is 1. The molecule has 0 radical (unpaired) electrons. The summed E-state index contributed by atoms with van der Waals surface area (Å²) in [5.41, 5.74) is 3.72. The molecule has 10 heteroatoms. The Balaban J connectivity index is 1.57. The highest BCUT2D eigenvalue weighted by Crippen LogP contribution is 2.28. The fourth-order valence-corrected chi connectivity index (χ4v) is 2.97. The molecule has 0 aliphatic heterocycles. The second-order valence-corrected chi connectivity index (χ2v) is 7.42. The van der Waals surface area contributed by atoms with Gasteiger partial charge in [-0.25, -0.2) is 5.43 Å². The van der Waals surface area contributed by atoms with Crippen LogP contribution in [0.5, 0.6) is 11.5 Å². The first-order valence-electron chi connectivity index (χ1n) is 10.6. The molecule has 0 saturated carbocycles. The van der Waals surface area contributed by atoms with Crippen LogP contribution in [-0.2, 0) is 11.4 Å². The molecule has 35 heavy (non-hydrogen) atoms. The number of amides is 2. The van der Waals surface area contributed by atoms with Gasteiger partial charge in [0.1, 0.15) is 18.4 Å². The monoisotopic (exact) mass is 476 g/mol. The van der Waals surface area contributed by atoms with E-state index in [9.17, 15) is 19.7 Å². The maximum absolute atomic E-state index is 12.3. The molecule has 0 bridgehead atoms. The Kier molecular flexibility index (Phi) is 8.49. The van der Waals surface area contributed by atoms with E-state index in [1.807, 2.05) is 30.3 Å². The van der Waals surface area contributed by atoms with Gasteiger partial charge in [-0.15, -0.1) is 0 Å². The zero-order valence-corrected chi connectivity index (χ0v) is 19.1. The van der Waals surface area contributed by atoms with Crippen molar-refractivity contribution in [1.29, 1.82) is 0 Å². The number of benzene rings is 3. The largest absolute Gasteiger partial charge is 0.497 e. The third kappa shape index (κ3) is 7.13. The topological polar surface area (TPSA) is 132 Å². The third-order valence-electron chi connectivity index (χ3n) is 4.90. The zero-order chi connectivity index (χ0) is 25.2. The van der Waals surface area contributed by atoms with Crippen molar-refractivity contribution in [2.75, 3.05) is 7.11 Å². The van der Waals surface area contributed by atoms with E-state index in [1.165, 1.54) is 32.4 Å². The van der Waals surface area contributed by atoms with Crippen molar-refractivity contribution in [2.24, 2.45) is 5.10 Å². The second-order valence-electron chi connectivity index (χ2n) is 7.42. The fourth-order valence-electron chi connectivity index (χ4n) is 2.97. The van der Waals surface area contributed by atoms with E-state index in [4.69, 9.17) is 9.47 Å². The summed E-state index contributed by atoms with van der Waals surface area (Å²) in [6.45, 7) is 1.70. The number of hydrazone groups is 1. The number of nitro benzene ring substituents is 1. The number of nitro groups is 1. The average molecular weight is 476 g/mol. The molecule has 2 amide bonds. The van der Waals surface area contributed by atoms with E-state index in [2.05, 4.69) is 15.8 Å². The van der Waals surface area contributed by atoms with E-state index in [-0.39, 0.29) is 18.0 Å². The summed E-state index contributed by atoms with van der Waals surface area (Å²) in [6.07, 6.45) is 1.27. The Morgan fingerprint density at radius 3 is 2.46 bits per heavy atom. The minimum Gasteiger partial charge on any atom is -0.497 e. The first-order chi connectivity index (χ1) is 16.9. The Labute approximate surface area is 201 Å². The van der Waals surface area contributed by atoms with Gasteiger partial charge in [0, 0.05) is 17.2 Å². The Bertz CT molecular complexity index is 1210. The van der Waals surface area contributed by atoms with Crippen molar-refractivity contribution in [3.05, 3.63) is 99.6 Å². The predicted molar refractivity (Wildman–Crippen MR) is 130 cm³/mol. The van der Waals surface area contributed by atoms with Crippen molar-refractivity contribution >= 4 is 23.7 Å². The second kappa shape index (κ2) is 11.9. The molecular weight excluding hydrogens is 452 g/mol. The van der Waals surface area contributed by atoms with Crippen molar-refractivity contribution in [2.45, 2.75) is 19.6 Å². The van der Waals surface area contributed by atoms with Crippen molar-refractivity contribution in [3.8, 4) is 11.5 Å². The molecule has 0 fully saturated rings. The van der Waals surface area contributed by atoms with E-state index in [0.717, 1.165) is 5.56 Å². The highest BCUT2D eigenvalue weighted by molar-refractivity contribution is 5.97. The number of nitrogens with zero attached hydrogens (tertiary/aromatic N) is 2. The molecule has 0 heterocycles. The number of nitrogens with one attached hydrogen (secondary N) is 2. The van der Waals surface area contributed by atoms with Gasteiger partial charge in [0.15, 0.2) is 5.75 Å². The fraction of sp³-hybridized carbons (Fsp3) is 0.160. The van der Waals surface area contributed by atoms with Gasteiger partial charge in [0.05, 0.1) is 18.2 Å². The highest BCUT2D eigenvalue weighted by Gasteiger charge is 2.17. The van der Waals surface area contributed by atoms with Crippen LogP contribution >= 0.6 is 0 Å². The van der Waals surface area contributed by atoms with Crippen molar-refractivity contribution in [3.63, 3.8) is 0 Å². The molecule has 0 aromatic heterocycles. The van der Waals surface area contributed by atoms with Gasteiger partial charge in [0.25, 0.3) is 11.8 Å². The maximum Gasteiger partial charge on any atom is 0.311 e. The van der Waals surface area contributed by atoms with Crippen LogP contribution in [0.2, 0.25) is 0 Å². The van der Waals surface area contributed by atoms with Crippen LogP contribution in [0.15, 0.2) is 77.9 Å². The van der Waals surface area contributed by atoms with Crippen LogP contribution in [0.4, 0.5) is 5.69 Å². The molecule has 0 aliphatic carbocycles. The standard InChI is InChI=1S/C25H24N4O6/c1-17(27-25(31)20-9-11-21(34-2)12-10-20)24(30)28-26-15-19-8-13-23(22(14-19)29(32)33)35-16-18-6-4-3-5-7-18/h3-15,17H,16H2,1-2H3,(H,27,31)(H,28,30). The summed E-state index contributed by atoms with van der Waals surface area (Å²) < 4.78 is 10.6. The molecular formula is C25H24N4O6. The Hall–Kier alpha value is -4.73. The first kappa shape index (κ1) is 24.9. The molecule has 10 nitrogen and oxygen atoms in total. The number of rotatable bonds is 10. The molecule has 2 N–H and O–H groups in total. The van der Waals surface area contributed by atoms with Crippen molar-refractivity contribution < 1.29 is 24.0 Å². The van der Waals surface area contributed by atoms with Gasteiger partial charge in [0.2, 0.25) is 0 Å². The molecule has 0 aliphatic rings. The summed E-state index contributed by atoms with van der Waals surface area (Å²) in [7, 11) is 1.52. The zero-order valence-electron chi connectivity index (χ0n) is 19.1. The molecule has 3 rings (SSSR count). The quantitative estimate of drug-likeness (QED) is 0.262. The van der Waals surface area contributed by atoms with Crippen molar-refractivity contribution in [1.82, 2.24) is 10.7 Å². The predicted octanol–water partition coefficient (Wildman–Crippen LogP) is 3.45. The van der Waals surface area contributed by atoms with Crippen LogP contribution in [0.1, 0.15) is 28.4 Å². The first-order valence-corrected chi connectivity index (χ1v) is 10.6. The summed E-state index contributed by atoms with van der Waals surface area (Å²) >= 11 is 0. The van der Waals surface area contributed by atoms with Gasteiger partial charge in [-0.2, -0.15) is 5.10 Å². The molecule has 0 spiro atoms. The minimum absolute atomic E-state index is 0.120. The molecule has 180 valence electrons. The van der Waals surface area contributed by atoms with E-state index < -0.39 is 22.8 Å². The van der Waals surface area contributed by atoms with Gasteiger partial charge >= 0.3 is 5.69 Å². The van der Waals surface area contributed by atoms with Gasteiger partial charge < -0.3 is 14.8 Å². The Morgan fingerprint density at radius 2 is 1.80 bits per heavy atom. The lowest BCUT2D eigenvalue weighted by molar-refractivity contribution is -0.385. The van der Waals surface area contributed by atoms with E-state index >= 15 is 0 Å². The number of hydrogen-bond acceptors (Lipinski definition) is 7. The molecule has 1 unspecified atom stereocenters.